The number of benzene rings is 1. The van der Waals surface area contributed by atoms with Crippen molar-refractivity contribution in [2.75, 3.05) is 4.90 Å². The summed E-state index contributed by atoms with van der Waals surface area (Å²) in [6.45, 7) is 4.76. The fourth-order valence-corrected chi connectivity index (χ4v) is 3.57. The van der Waals surface area contributed by atoms with Gasteiger partial charge in [-0.25, -0.2) is 10.5 Å². The molecule has 25 heavy (non-hydrogen) atoms. The van der Waals surface area contributed by atoms with Gasteiger partial charge in [-0.3, -0.25) is 15.0 Å². The Hall–Kier alpha value is -2.99. The number of aromatic nitrogens is 2. The van der Waals surface area contributed by atoms with Crippen LogP contribution in [0.4, 0.5) is 5.82 Å². The number of hydroxylamine groups is 1. The molecule has 0 unspecified atom stereocenters. The highest BCUT2D eigenvalue weighted by Gasteiger charge is 2.39. The molecule has 0 radical (unpaired) electrons. The first kappa shape index (κ1) is 15.5. The second-order valence-electron chi connectivity index (χ2n) is 6.63. The Morgan fingerprint density at radius 3 is 2.80 bits per heavy atom. The maximum Gasteiger partial charge on any atom is 0.274 e. The van der Waals surface area contributed by atoms with Gasteiger partial charge in [0.05, 0.1) is 16.6 Å². The van der Waals surface area contributed by atoms with Crippen LogP contribution in [0.15, 0.2) is 48.7 Å². The van der Waals surface area contributed by atoms with Gasteiger partial charge in [0.15, 0.2) is 0 Å². The predicted molar refractivity (Wildman–Crippen MR) is 94.4 cm³/mol. The van der Waals surface area contributed by atoms with Gasteiger partial charge in [0.1, 0.15) is 5.82 Å². The smallest absolute Gasteiger partial charge is 0.274 e. The Bertz CT molecular complexity index is 984. The Balaban J connectivity index is 1.82. The molecule has 126 valence electrons. The van der Waals surface area contributed by atoms with Crippen LogP contribution in [0.2, 0.25) is 0 Å². The van der Waals surface area contributed by atoms with Crippen LogP contribution in [0.3, 0.4) is 0 Å². The summed E-state index contributed by atoms with van der Waals surface area (Å²) >= 11 is 0. The lowest BCUT2D eigenvalue weighted by molar-refractivity contribution is 0.0705. The predicted octanol–water partition coefficient (Wildman–Crippen LogP) is 3.00. The molecular formula is C19H18N4O2. The summed E-state index contributed by atoms with van der Waals surface area (Å²) < 4.78 is 0. The van der Waals surface area contributed by atoms with Crippen molar-refractivity contribution in [3.63, 3.8) is 0 Å². The number of nitrogens with one attached hydrogen (secondary N) is 1. The van der Waals surface area contributed by atoms with Crippen molar-refractivity contribution in [2.45, 2.75) is 25.9 Å². The van der Waals surface area contributed by atoms with Gasteiger partial charge in [0.2, 0.25) is 0 Å². The lowest BCUT2D eigenvalue weighted by atomic mass is 9.91. The molecule has 1 aliphatic heterocycles. The van der Waals surface area contributed by atoms with Gasteiger partial charge in [-0.05, 0) is 55.3 Å². The van der Waals surface area contributed by atoms with Gasteiger partial charge in [0, 0.05) is 18.3 Å². The molecule has 0 saturated heterocycles. The molecule has 3 heterocycles. The van der Waals surface area contributed by atoms with Crippen LogP contribution in [0, 0.1) is 0 Å². The van der Waals surface area contributed by atoms with E-state index in [0.29, 0.717) is 12.1 Å². The fraction of sp³-hybridized carbons (Fsp3) is 0.211. The molecule has 0 saturated carbocycles. The van der Waals surface area contributed by atoms with E-state index >= 15 is 0 Å². The van der Waals surface area contributed by atoms with Gasteiger partial charge >= 0.3 is 0 Å². The topological polar surface area (TPSA) is 78.4 Å². The summed E-state index contributed by atoms with van der Waals surface area (Å²) in [6.07, 6.45) is 1.75. The molecule has 0 aliphatic carbocycles. The van der Waals surface area contributed by atoms with Gasteiger partial charge in [0.25, 0.3) is 5.91 Å². The second kappa shape index (κ2) is 5.53. The third kappa shape index (κ3) is 2.34. The minimum atomic E-state index is -0.495. The zero-order valence-electron chi connectivity index (χ0n) is 14.0. The zero-order valence-corrected chi connectivity index (χ0v) is 14.0. The van der Waals surface area contributed by atoms with E-state index in [1.165, 1.54) is 0 Å². The monoisotopic (exact) mass is 334 g/mol. The molecule has 0 spiro atoms. The van der Waals surface area contributed by atoms with E-state index in [0.717, 1.165) is 28.0 Å². The van der Waals surface area contributed by atoms with Crippen LogP contribution >= 0.6 is 0 Å². The molecule has 0 atom stereocenters. The lowest BCUT2D eigenvalue weighted by Gasteiger charge is -2.33. The minimum Gasteiger partial charge on any atom is -0.343 e. The summed E-state index contributed by atoms with van der Waals surface area (Å²) in [4.78, 5) is 23.2. The first-order chi connectivity index (χ1) is 12.0. The third-order valence-corrected chi connectivity index (χ3v) is 4.89. The van der Waals surface area contributed by atoms with Crippen LogP contribution in [0.5, 0.6) is 0 Å². The number of amides is 1. The summed E-state index contributed by atoms with van der Waals surface area (Å²) in [5, 5.41) is 9.02. The maximum absolute atomic E-state index is 12.0. The van der Waals surface area contributed by atoms with E-state index in [1.807, 2.05) is 36.4 Å². The van der Waals surface area contributed by atoms with Crippen molar-refractivity contribution in [1.29, 1.82) is 0 Å². The fourth-order valence-electron chi connectivity index (χ4n) is 3.57. The molecule has 0 fully saturated rings. The summed E-state index contributed by atoms with van der Waals surface area (Å²) in [7, 11) is 0. The van der Waals surface area contributed by atoms with E-state index < -0.39 is 5.91 Å². The molecular weight excluding hydrogens is 316 g/mol. The van der Waals surface area contributed by atoms with Gasteiger partial charge in [-0.2, -0.15) is 0 Å². The SMILES string of the molecule is CC1(C)c2cccc(C(=O)NO)c2CN1c1ccc2ncccc2n1. The number of hydrogen-bond acceptors (Lipinski definition) is 5. The molecule has 2 aromatic heterocycles. The van der Waals surface area contributed by atoms with Crippen LogP contribution in [-0.4, -0.2) is 21.1 Å². The molecule has 1 aliphatic rings. The Morgan fingerprint density at radius 2 is 2.00 bits per heavy atom. The molecule has 6 nitrogen and oxygen atoms in total. The Kier molecular flexibility index (Phi) is 3.43. The number of pyridine rings is 2. The summed E-state index contributed by atoms with van der Waals surface area (Å²) in [5.41, 5.74) is 5.54. The standard InChI is InChI=1S/C19H18N4O2/c1-19(2)14-6-3-5-12(18(24)22-25)13(14)11-23(19)17-9-8-15-16(21-17)7-4-10-20-15/h3-10,25H,11H2,1-2H3,(H,22,24). The van der Waals surface area contributed by atoms with Gasteiger partial charge in [-0.1, -0.05) is 12.1 Å². The number of rotatable bonds is 2. The lowest BCUT2D eigenvalue weighted by Crippen LogP contribution is -2.35. The highest BCUT2D eigenvalue weighted by Crippen LogP contribution is 2.42. The number of anilines is 1. The van der Waals surface area contributed by atoms with Crippen molar-refractivity contribution in [1.82, 2.24) is 15.4 Å². The average Bonchev–Trinajstić information content (AvgIpc) is 2.91. The number of nitrogens with zero attached hydrogens (tertiary/aromatic N) is 3. The highest BCUT2D eigenvalue weighted by atomic mass is 16.5. The molecule has 1 amide bonds. The van der Waals surface area contributed by atoms with Crippen LogP contribution in [0.1, 0.15) is 35.3 Å². The van der Waals surface area contributed by atoms with Gasteiger partial charge in [-0.15, -0.1) is 0 Å². The summed E-state index contributed by atoms with van der Waals surface area (Å²) in [5.74, 6) is 0.335. The normalized spacial score (nSPS) is 15.2. The van der Waals surface area contributed by atoms with Crippen molar-refractivity contribution in [3.8, 4) is 0 Å². The van der Waals surface area contributed by atoms with Crippen LogP contribution in [-0.2, 0) is 12.1 Å². The second-order valence-corrected chi connectivity index (χ2v) is 6.63. The first-order valence-corrected chi connectivity index (χ1v) is 8.08. The quantitative estimate of drug-likeness (QED) is 0.556. The minimum absolute atomic E-state index is 0.329. The Labute approximate surface area is 145 Å². The van der Waals surface area contributed by atoms with E-state index in [2.05, 4.69) is 23.7 Å². The molecule has 6 heteroatoms. The zero-order chi connectivity index (χ0) is 17.6. The summed E-state index contributed by atoms with van der Waals surface area (Å²) in [6, 6.07) is 13.3. The number of fused-ring (bicyclic) bond motifs is 2. The number of carbonyl (C=O) groups is 1. The number of carbonyl (C=O) groups excluding carboxylic acids is 1. The molecule has 3 aromatic rings. The van der Waals surface area contributed by atoms with E-state index in [1.54, 1.807) is 17.7 Å². The molecule has 0 bridgehead atoms. The average molecular weight is 334 g/mol. The maximum atomic E-state index is 12.0. The third-order valence-electron chi connectivity index (χ3n) is 4.89. The number of hydrogen-bond donors (Lipinski definition) is 2. The van der Waals surface area contributed by atoms with E-state index in [-0.39, 0.29) is 5.54 Å². The molecule has 2 N–H and O–H groups in total. The van der Waals surface area contributed by atoms with E-state index in [9.17, 15) is 4.79 Å². The first-order valence-electron chi connectivity index (χ1n) is 8.08. The molecule has 4 rings (SSSR count). The van der Waals surface area contributed by atoms with E-state index in [4.69, 9.17) is 10.2 Å². The van der Waals surface area contributed by atoms with Gasteiger partial charge < -0.3 is 4.90 Å². The highest BCUT2D eigenvalue weighted by molar-refractivity contribution is 5.95. The Morgan fingerprint density at radius 1 is 1.16 bits per heavy atom. The van der Waals surface area contributed by atoms with Crippen molar-refractivity contribution in [3.05, 3.63) is 65.4 Å². The van der Waals surface area contributed by atoms with Crippen molar-refractivity contribution < 1.29 is 10.0 Å². The van der Waals surface area contributed by atoms with Crippen molar-refractivity contribution >= 4 is 22.8 Å². The van der Waals surface area contributed by atoms with Crippen molar-refractivity contribution in [2.24, 2.45) is 0 Å². The van der Waals surface area contributed by atoms with Crippen LogP contribution in [0.25, 0.3) is 11.0 Å². The largest absolute Gasteiger partial charge is 0.343 e. The van der Waals surface area contributed by atoms with Crippen LogP contribution < -0.4 is 10.4 Å². The molecule has 1 aromatic carbocycles.